The molecule has 8 heteroatoms. The van der Waals surface area contributed by atoms with Gasteiger partial charge in [0.05, 0.1) is 17.7 Å². The summed E-state index contributed by atoms with van der Waals surface area (Å²) < 4.78 is 1.68. The van der Waals surface area contributed by atoms with Gasteiger partial charge in [-0.3, -0.25) is 9.67 Å². The van der Waals surface area contributed by atoms with Crippen LogP contribution in [0.4, 0.5) is 11.8 Å². The molecule has 1 saturated carbocycles. The van der Waals surface area contributed by atoms with E-state index in [-0.39, 0.29) is 12.1 Å². The van der Waals surface area contributed by atoms with Crippen molar-refractivity contribution in [3.63, 3.8) is 0 Å². The molecule has 3 heterocycles. The van der Waals surface area contributed by atoms with Gasteiger partial charge in [0.2, 0.25) is 5.95 Å². The monoisotopic (exact) mass is 339 g/mol. The van der Waals surface area contributed by atoms with Crippen molar-refractivity contribution in [3.05, 3.63) is 36.3 Å². The number of hydrogen-bond donors (Lipinski definition) is 3. The lowest BCUT2D eigenvalue weighted by Gasteiger charge is -2.38. The van der Waals surface area contributed by atoms with Crippen LogP contribution in [-0.4, -0.2) is 42.0 Å². The lowest BCUT2D eigenvalue weighted by Crippen LogP contribution is -2.42. The van der Waals surface area contributed by atoms with Gasteiger partial charge in [-0.05, 0) is 30.9 Å². The summed E-state index contributed by atoms with van der Waals surface area (Å²) in [4.78, 5) is 13.3. The van der Waals surface area contributed by atoms with E-state index in [1.807, 2.05) is 25.2 Å². The summed E-state index contributed by atoms with van der Waals surface area (Å²) in [6.07, 6.45) is 5.52. The summed E-state index contributed by atoms with van der Waals surface area (Å²) in [5.74, 6) is 1.24. The number of nitrogens with zero attached hydrogens (tertiary/aromatic N) is 5. The number of nitrogens with one attached hydrogen (secondary N) is 1. The summed E-state index contributed by atoms with van der Waals surface area (Å²) in [7, 11) is 1.83. The maximum atomic E-state index is 9.69. The lowest BCUT2D eigenvalue weighted by atomic mass is 9.76. The van der Waals surface area contributed by atoms with E-state index in [0.29, 0.717) is 23.3 Å². The van der Waals surface area contributed by atoms with Crippen LogP contribution in [0.25, 0.3) is 11.0 Å². The molecule has 1 unspecified atom stereocenters. The maximum absolute atomic E-state index is 9.69. The predicted octanol–water partition coefficient (Wildman–Crippen LogP) is 1.13. The highest BCUT2D eigenvalue weighted by Crippen LogP contribution is 2.33. The first-order chi connectivity index (χ1) is 12.1. The first kappa shape index (κ1) is 15.8. The number of pyridine rings is 1. The topological polar surface area (TPSA) is 115 Å². The van der Waals surface area contributed by atoms with E-state index < -0.39 is 0 Å². The molecule has 1 aliphatic carbocycles. The van der Waals surface area contributed by atoms with Crippen molar-refractivity contribution in [1.29, 1.82) is 0 Å². The molecule has 4 rings (SSSR count). The van der Waals surface area contributed by atoms with Crippen molar-refractivity contribution < 1.29 is 5.11 Å². The first-order valence-electron chi connectivity index (χ1n) is 8.40. The van der Waals surface area contributed by atoms with Crippen molar-refractivity contribution in [2.75, 3.05) is 11.1 Å². The van der Waals surface area contributed by atoms with Crippen LogP contribution in [0.15, 0.2) is 30.6 Å². The Balaban J connectivity index is 1.60. The maximum Gasteiger partial charge on any atom is 0.226 e. The number of rotatable bonds is 5. The average Bonchev–Trinajstić information content (AvgIpc) is 2.94. The number of nitrogens with two attached hydrogens (primary N) is 1. The van der Waals surface area contributed by atoms with E-state index >= 15 is 0 Å². The molecule has 1 aliphatic rings. The van der Waals surface area contributed by atoms with Gasteiger partial charge in [-0.2, -0.15) is 15.1 Å². The fourth-order valence-electron chi connectivity index (χ4n) is 3.31. The van der Waals surface area contributed by atoms with Crippen LogP contribution in [0.3, 0.4) is 0 Å². The second kappa shape index (κ2) is 6.29. The average molecular weight is 339 g/mol. The molecular weight excluding hydrogens is 318 g/mol. The first-order valence-corrected chi connectivity index (χ1v) is 8.40. The van der Waals surface area contributed by atoms with Gasteiger partial charge in [-0.1, -0.05) is 6.07 Å². The summed E-state index contributed by atoms with van der Waals surface area (Å²) in [5.41, 5.74) is 7.74. The zero-order valence-electron chi connectivity index (χ0n) is 14.0. The van der Waals surface area contributed by atoms with Gasteiger partial charge >= 0.3 is 0 Å². The Morgan fingerprint density at radius 3 is 2.92 bits per heavy atom. The van der Waals surface area contributed by atoms with E-state index in [1.54, 1.807) is 17.1 Å². The van der Waals surface area contributed by atoms with Crippen LogP contribution in [-0.2, 0) is 13.5 Å². The smallest absolute Gasteiger partial charge is 0.226 e. The minimum atomic E-state index is -0.219. The molecule has 130 valence electrons. The molecule has 3 aromatic heterocycles. The van der Waals surface area contributed by atoms with E-state index in [2.05, 4.69) is 25.4 Å². The fourth-order valence-corrected chi connectivity index (χ4v) is 3.31. The summed E-state index contributed by atoms with van der Waals surface area (Å²) in [6.45, 7) is 0. The normalized spacial score (nSPS) is 21.0. The third-order valence-electron chi connectivity index (χ3n) is 4.81. The largest absolute Gasteiger partial charge is 0.393 e. The number of hydrogen-bond acceptors (Lipinski definition) is 7. The standard InChI is InChI=1S/C17H21N7O/c1-24-16-13(9-20-24)15(18)22-17(23-16)21-14(10-6-12(25)7-10)8-11-4-2-3-5-19-11/h2-5,9-10,12,14,25H,6-8H2,1H3,(H3,18,21,22,23). The van der Waals surface area contributed by atoms with Crippen LogP contribution >= 0.6 is 0 Å². The van der Waals surface area contributed by atoms with E-state index in [9.17, 15) is 5.11 Å². The van der Waals surface area contributed by atoms with Gasteiger partial charge in [0.25, 0.3) is 0 Å². The number of anilines is 2. The molecule has 0 aliphatic heterocycles. The molecule has 3 aromatic rings. The number of aliphatic hydroxyl groups is 1. The quantitative estimate of drug-likeness (QED) is 0.638. The van der Waals surface area contributed by atoms with Gasteiger partial charge in [0, 0.05) is 31.4 Å². The van der Waals surface area contributed by atoms with Crippen molar-refractivity contribution in [1.82, 2.24) is 24.7 Å². The second-order valence-electron chi connectivity index (χ2n) is 6.60. The number of nitrogen functional groups attached to an aromatic ring is 1. The van der Waals surface area contributed by atoms with Gasteiger partial charge < -0.3 is 16.2 Å². The zero-order chi connectivity index (χ0) is 17.4. The van der Waals surface area contributed by atoms with Gasteiger partial charge in [-0.15, -0.1) is 0 Å². The number of aryl methyl sites for hydroxylation is 1. The Bertz CT molecular complexity index is 873. The van der Waals surface area contributed by atoms with Crippen molar-refractivity contribution in [2.24, 2.45) is 13.0 Å². The van der Waals surface area contributed by atoms with Crippen molar-refractivity contribution in [3.8, 4) is 0 Å². The van der Waals surface area contributed by atoms with Crippen LogP contribution in [0.2, 0.25) is 0 Å². The minimum Gasteiger partial charge on any atom is -0.393 e. The molecule has 8 nitrogen and oxygen atoms in total. The molecule has 0 bridgehead atoms. The van der Waals surface area contributed by atoms with Gasteiger partial charge in [0.15, 0.2) is 5.65 Å². The number of aromatic nitrogens is 5. The van der Waals surface area contributed by atoms with E-state index in [0.717, 1.165) is 30.3 Å². The number of fused-ring (bicyclic) bond motifs is 1. The predicted molar refractivity (Wildman–Crippen MR) is 94.8 cm³/mol. The Kier molecular flexibility index (Phi) is 3.96. The molecule has 25 heavy (non-hydrogen) atoms. The molecular formula is C17H21N7O. The molecule has 0 spiro atoms. The second-order valence-corrected chi connectivity index (χ2v) is 6.60. The molecule has 1 fully saturated rings. The zero-order valence-corrected chi connectivity index (χ0v) is 14.0. The molecule has 1 atom stereocenters. The summed E-state index contributed by atoms with van der Waals surface area (Å²) >= 11 is 0. The van der Waals surface area contributed by atoms with Crippen LogP contribution in [0.1, 0.15) is 18.5 Å². The van der Waals surface area contributed by atoms with Crippen molar-refractivity contribution >= 4 is 22.8 Å². The van der Waals surface area contributed by atoms with E-state index in [1.165, 1.54) is 0 Å². The minimum absolute atomic E-state index is 0.0865. The highest BCUT2D eigenvalue weighted by molar-refractivity contribution is 5.86. The number of aliphatic hydroxyl groups excluding tert-OH is 1. The van der Waals surface area contributed by atoms with Crippen molar-refractivity contribution in [2.45, 2.75) is 31.4 Å². The Hall–Kier alpha value is -2.74. The summed E-state index contributed by atoms with van der Waals surface area (Å²) in [5, 5.41) is 18.0. The fraction of sp³-hybridized carbons (Fsp3) is 0.412. The Morgan fingerprint density at radius 1 is 1.36 bits per heavy atom. The Morgan fingerprint density at radius 2 is 2.20 bits per heavy atom. The SMILES string of the molecule is Cn1ncc2c(N)nc(NC(Cc3ccccn3)C3CC(O)C3)nc21. The summed E-state index contributed by atoms with van der Waals surface area (Å²) in [6, 6.07) is 5.97. The third-order valence-corrected chi connectivity index (χ3v) is 4.81. The van der Waals surface area contributed by atoms with Gasteiger partial charge in [-0.25, -0.2) is 0 Å². The van der Waals surface area contributed by atoms with Crippen LogP contribution in [0.5, 0.6) is 0 Å². The van der Waals surface area contributed by atoms with E-state index in [4.69, 9.17) is 5.73 Å². The highest BCUT2D eigenvalue weighted by Gasteiger charge is 2.34. The molecule has 0 radical (unpaired) electrons. The molecule has 4 N–H and O–H groups in total. The molecule has 0 aromatic carbocycles. The van der Waals surface area contributed by atoms with Crippen LogP contribution in [0, 0.1) is 5.92 Å². The molecule has 0 amide bonds. The Labute approximate surface area is 145 Å². The van der Waals surface area contributed by atoms with Crippen LogP contribution < -0.4 is 11.1 Å². The highest BCUT2D eigenvalue weighted by atomic mass is 16.3. The lowest BCUT2D eigenvalue weighted by molar-refractivity contribution is 0.0340. The third kappa shape index (κ3) is 3.12. The van der Waals surface area contributed by atoms with Gasteiger partial charge in [0.1, 0.15) is 5.82 Å². The molecule has 0 saturated heterocycles.